The Morgan fingerprint density at radius 3 is 2.44 bits per heavy atom. The van der Waals surface area contributed by atoms with Gasteiger partial charge in [0.1, 0.15) is 0 Å². The van der Waals surface area contributed by atoms with Crippen molar-refractivity contribution in [3.05, 3.63) is 40.5 Å². The van der Waals surface area contributed by atoms with Gasteiger partial charge >= 0.3 is 0 Å². The molecule has 0 aliphatic rings. The molecule has 1 nitrogen and oxygen atoms in total. The fourth-order valence-corrected chi connectivity index (χ4v) is 1.81. The largest absolute Gasteiger partial charge is 0.392 e. The molecule has 0 aliphatic carbocycles. The summed E-state index contributed by atoms with van der Waals surface area (Å²) in [5, 5.41) is 8.67. The molecule has 1 aromatic carbocycles. The molecule has 0 amide bonds. The number of hydrogen-bond donors (Lipinski definition) is 1. The summed E-state index contributed by atoms with van der Waals surface area (Å²) in [4.78, 5) is 0. The number of benzene rings is 1. The second-order valence-corrected chi connectivity index (χ2v) is 3.52. The molecule has 0 aliphatic heterocycles. The zero-order valence-electron chi connectivity index (χ0n) is 9.56. The summed E-state index contributed by atoms with van der Waals surface area (Å²) < 4.78 is 26.9. The molecule has 1 rings (SSSR count). The molecular weight excluding hydrogens is 210 g/mol. The van der Waals surface area contributed by atoms with Crippen LogP contribution in [0.15, 0.2) is 12.1 Å². The van der Waals surface area contributed by atoms with Gasteiger partial charge in [0.2, 0.25) is 0 Å². The van der Waals surface area contributed by atoms with Crippen molar-refractivity contribution in [2.45, 2.75) is 26.7 Å². The Bertz CT molecular complexity index is 397. The van der Waals surface area contributed by atoms with Crippen LogP contribution < -0.4 is 0 Å². The average Bonchev–Trinajstić information content (AvgIpc) is 2.30. The molecule has 0 heterocycles. The third kappa shape index (κ3) is 2.47. The molecule has 16 heavy (non-hydrogen) atoms. The van der Waals surface area contributed by atoms with E-state index in [1.165, 1.54) is 18.2 Å². The molecule has 3 heteroatoms. The van der Waals surface area contributed by atoms with Crippen LogP contribution in [0.3, 0.4) is 0 Å². The molecule has 1 N–H and O–H groups in total. The standard InChI is InChI=1S/C13H16F2O/c1-3-9-8-12(14)13(15)11(6-5-7-16)10(9)4-2/h5-6,8,16H,3-4,7H2,1-2H3. The minimum Gasteiger partial charge on any atom is -0.392 e. The highest BCUT2D eigenvalue weighted by atomic mass is 19.2. The second kappa shape index (κ2) is 5.75. The van der Waals surface area contributed by atoms with Crippen molar-refractivity contribution in [3.8, 4) is 0 Å². The third-order valence-electron chi connectivity index (χ3n) is 2.58. The molecule has 0 spiro atoms. The highest BCUT2D eigenvalue weighted by molar-refractivity contribution is 5.57. The van der Waals surface area contributed by atoms with Crippen molar-refractivity contribution in [1.82, 2.24) is 0 Å². The van der Waals surface area contributed by atoms with E-state index in [4.69, 9.17) is 5.11 Å². The van der Waals surface area contributed by atoms with Crippen LogP contribution in [0.5, 0.6) is 0 Å². The van der Waals surface area contributed by atoms with Gasteiger partial charge in [-0.15, -0.1) is 0 Å². The first-order chi connectivity index (χ1) is 7.65. The molecule has 0 radical (unpaired) electrons. The molecule has 0 aromatic heterocycles. The van der Waals surface area contributed by atoms with E-state index in [0.29, 0.717) is 12.8 Å². The molecule has 0 saturated heterocycles. The number of rotatable bonds is 4. The molecule has 88 valence electrons. The molecule has 0 atom stereocenters. The Labute approximate surface area is 94.4 Å². The first-order valence-electron chi connectivity index (χ1n) is 5.42. The van der Waals surface area contributed by atoms with E-state index in [1.54, 1.807) is 0 Å². The fourth-order valence-electron chi connectivity index (χ4n) is 1.81. The van der Waals surface area contributed by atoms with Crippen LogP contribution in [0, 0.1) is 11.6 Å². The van der Waals surface area contributed by atoms with Gasteiger partial charge in [-0.05, 0) is 30.0 Å². The molecule has 0 fully saturated rings. The Morgan fingerprint density at radius 1 is 1.25 bits per heavy atom. The predicted octanol–water partition coefficient (Wildman–Crippen LogP) is 3.10. The van der Waals surface area contributed by atoms with E-state index in [-0.39, 0.29) is 12.2 Å². The van der Waals surface area contributed by atoms with E-state index >= 15 is 0 Å². The lowest BCUT2D eigenvalue weighted by molar-refractivity contribution is 0.343. The summed E-state index contributed by atoms with van der Waals surface area (Å²) in [5.74, 6) is -1.66. The van der Waals surface area contributed by atoms with Gasteiger partial charge < -0.3 is 5.11 Å². The summed E-state index contributed by atoms with van der Waals surface area (Å²) in [5.41, 5.74) is 1.89. The minimum absolute atomic E-state index is 0.180. The van der Waals surface area contributed by atoms with E-state index in [9.17, 15) is 8.78 Å². The highest BCUT2D eigenvalue weighted by Crippen LogP contribution is 2.24. The van der Waals surface area contributed by atoms with E-state index < -0.39 is 11.6 Å². The summed E-state index contributed by atoms with van der Waals surface area (Å²) in [6, 6.07) is 1.25. The zero-order chi connectivity index (χ0) is 12.1. The lowest BCUT2D eigenvalue weighted by Gasteiger charge is -2.11. The van der Waals surface area contributed by atoms with Crippen molar-refractivity contribution in [2.24, 2.45) is 0 Å². The third-order valence-corrected chi connectivity index (χ3v) is 2.58. The van der Waals surface area contributed by atoms with Gasteiger partial charge in [-0.3, -0.25) is 0 Å². The highest BCUT2D eigenvalue weighted by Gasteiger charge is 2.14. The van der Waals surface area contributed by atoms with Crippen LogP contribution in [0.2, 0.25) is 0 Å². The van der Waals surface area contributed by atoms with Crippen LogP contribution in [0.25, 0.3) is 6.08 Å². The summed E-state index contributed by atoms with van der Waals surface area (Å²) in [6.07, 6.45) is 4.17. The van der Waals surface area contributed by atoms with Crippen molar-refractivity contribution in [3.63, 3.8) is 0 Å². The first-order valence-corrected chi connectivity index (χ1v) is 5.42. The summed E-state index contributed by atoms with van der Waals surface area (Å²) >= 11 is 0. The number of hydrogen-bond acceptors (Lipinski definition) is 1. The predicted molar refractivity (Wildman–Crippen MR) is 61.2 cm³/mol. The molecule has 1 aromatic rings. The second-order valence-electron chi connectivity index (χ2n) is 3.52. The van der Waals surface area contributed by atoms with Crippen molar-refractivity contribution in [1.29, 1.82) is 0 Å². The van der Waals surface area contributed by atoms with Gasteiger partial charge in [-0.25, -0.2) is 8.78 Å². The summed E-state index contributed by atoms with van der Waals surface area (Å²) in [6.45, 7) is 3.63. The molecular formula is C13H16F2O. The van der Waals surface area contributed by atoms with Gasteiger partial charge in [-0.1, -0.05) is 26.0 Å². The monoisotopic (exact) mass is 226 g/mol. The Hall–Kier alpha value is -1.22. The van der Waals surface area contributed by atoms with Crippen LogP contribution in [0.4, 0.5) is 8.78 Å². The smallest absolute Gasteiger partial charge is 0.166 e. The van der Waals surface area contributed by atoms with Gasteiger partial charge in [0.15, 0.2) is 11.6 Å². The van der Waals surface area contributed by atoms with Crippen LogP contribution in [-0.4, -0.2) is 11.7 Å². The quantitative estimate of drug-likeness (QED) is 0.836. The van der Waals surface area contributed by atoms with Crippen LogP contribution in [0.1, 0.15) is 30.5 Å². The number of aryl methyl sites for hydroxylation is 1. The maximum absolute atomic E-state index is 13.6. The number of aliphatic hydroxyl groups excluding tert-OH is 1. The van der Waals surface area contributed by atoms with Crippen LogP contribution >= 0.6 is 0 Å². The fraction of sp³-hybridized carbons (Fsp3) is 0.385. The van der Waals surface area contributed by atoms with E-state index in [2.05, 4.69) is 0 Å². The lowest BCUT2D eigenvalue weighted by atomic mass is 9.96. The first kappa shape index (κ1) is 12.8. The van der Waals surface area contributed by atoms with E-state index in [0.717, 1.165) is 11.1 Å². The maximum Gasteiger partial charge on any atom is 0.166 e. The topological polar surface area (TPSA) is 20.2 Å². The SMILES string of the molecule is CCc1cc(F)c(F)c(C=CCO)c1CC. The van der Waals surface area contributed by atoms with Crippen LogP contribution in [-0.2, 0) is 12.8 Å². The Balaban J connectivity index is 3.40. The lowest BCUT2D eigenvalue weighted by Crippen LogP contribution is -2.01. The van der Waals surface area contributed by atoms with Gasteiger partial charge in [0.05, 0.1) is 6.61 Å². The molecule has 0 saturated carbocycles. The van der Waals surface area contributed by atoms with Crippen molar-refractivity contribution >= 4 is 6.08 Å². The number of aliphatic hydroxyl groups is 1. The van der Waals surface area contributed by atoms with E-state index in [1.807, 2.05) is 13.8 Å². The maximum atomic E-state index is 13.6. The zero-order valence-corrected chi connectivity index (χ0v) is 9.56. The Morgan fingerprint density at radius 2 is 1.94 bits per heavy atom. The minimum atomic E-state index is -0.834. The molecule has 0 bridgehead atoms. The molecule has 0 unspecified atom stereocenters. The van der Waals surface area contributed by atoms with Gasteiger partial charge in [0, 0.05) is 5.56 Å². The normalized spacial score (nSPS) is 11.3. The van der Waals surface area contributed by atoms with Crippen molar-refractivity contribution < 1.29 is 13.9 Å². The summed E-state index contributed by atoms with van der Waals surface area (Å²) in [7, 11) is 0. The number of halogens is 2. The average molecular weight is 226 g/mol. The van der Waals surface area contributed by atoms with Gasteiger partial charge in [0.25, 0.3) is 0 Å². The van der Waals surface area contributed by atoms with Crippen molar-refractivity contribution in [2.75, 3.05) is 6.61 Å². The van der Waals surface area contributed by atoms with Gasteiger partial charge in [-0.2, -0.15) is 0 Å². The Kier molecular flexibility index (Phi) is 4.62.